The topological polar surface area (TPSA) is 84.1 Å². The smallest absolute Gasteiger partial charge is 0.245 e. The number of nitrogens with one attached hydrogen (secondary N) is 1. The van der Waals surface area contributed by atoms with Crippen molar-refractivity contribution in [3.63, 3.8) is 0 Å². The van der Waals surface area contributed by atoms with Crippen LogP contribution in [0.1, 0.15) is 17.7 Å². The van der Waals surface area contributed by atoms with Crippen LogP contribution in [-0.4, -0.2) is 36.6 Å². The normalized spacial score (nSPS) is 17.2. The number of furan rings is 1. The maximum absolute atomic E-state index is 12.2. The quantitative estimate of drug-likeness (QED) is 0.641. The Hall–Kier alpha value is -3.09. The number of carbonyl (C=O) groups is 2. The van der Waals surface area contributed by atoms with Crippen molar-refractivity contribution >= 4 is 18.0 Å². The zero-order chi connectivity index (χ0) is 17.6. The van der Waals surface area contributed by atoms with Crippen LogP contribution < -0.4 is 10.2 Å². The summed E-state index contributed by atoms with van der Waals surface area (Å²) in [5.41, 5.74) is 3.33. The van der Waals surface area contributed by atoms with Gasteiger partial charge in [-0.1, -0.05) is 0 Å². The lowest BCUT2D eigenvalue weighted by molar-refractivity contribution is -0.129. The molecule has 0 saturated carbocycles. The third kappa shape index (κ3) is 4.26. The molecule has 7 nitrogen and oxygen atoms in total. The van der Waals surface area contributed by atoms with Crippen LogP contribution in [0, 0.1) is 5.92 Å². The molecule has 25 heavy (non-hydrogen) atoms. The summed E-state index contributed by atoms with van der Waals surface area (Å²) in [5.74, 6) is 0.723. The SMILES string of the molecule is COc1ccc(/C=N/NC(=O)C2CC(=O)N(Cc3ccco3)C2)cc1. The Morgan fingerprint density at radius 2 is 2.20 bits per heavy atom. The molecule has 3 rings (SSSR count). The first-order valence-electron chi connectivity index (χ1n) is 7.93. The molecule has 2 amide bonds. The highest BCUT2D eigenvalue weighted by atomic mass is 16.5. The Morgan fingerprint density at radius 3 is 2.88 bits per heavy atom. The number of benzene rings is 1. The average Bonchev–Trinajstić information content (AvgIpc) is 3.26. The molecule has 7 heteroatoms. The van der Waals surface area contributed by atoms with Gasteiger partial charge in [-0.25, -0.2) is 5.43 Å². The van der Waals surface area contributed by atoms with E-state index in [0.29, 0.717) is 18.8 Å². The molecular weight excluding hydrogens is 322 g/mol. The molecule has 1 saturated heterocycles. The maximum Gasteiger partial charge on any atom is 0.245 e. The largest absolute Gasteiger partial charge is 0.497 e. The molecule has 1 aromatic heterocycles. The molecule has 1 N–H and O–H groups in total. The molecule has 1 fully saturated rings. The summed E-state index contributed by atoms with van der Waals surface area (Å²) >= 11 is 0. The van der Waals surface area contributed by atoms with Crippen LogP contribution in [0.4, 0.5) is 0 Å². The molecule has 2 heterocycles. The molecule has 1 aromatic carbocycles. The van der Waals surface area contributed by atoms with E-state index in [9.17, 15) is 9.59 Å². The van der Waals surface area contributed by atoms with E-state index >= 15 is 0 Å². The number of nitrogens with zero attached hydrogens (tertiary/aromatic N) is 2. The number of rotatable bonds is 6. The van der Waals surface area contributed by atoms with Gasteiger partial charge in [-0.15, -0.1) is 0 Å². The Morgan fingerprint density at radius 1 is 1.40 bits per heavy atom. The van der Waals surface area contributed by atoms with E-state index in [0.717, 1.165) is 11.3 Å². The second kappa shape index (κ2) is 7.65. The Bertz CT molecular complexity index is 753. The van der Waals surface area contributed by atoms with Crippen LogP contribution in [0.15, 0.2) is 52.2 Å². The van der Waals surface area contributed by atoms with Gasteiger partial charge in [0.25, 0.3) is 0 Å². The minimum atomic E-state index is -0.407. The number of ether oxygens (including phenoxy) is 1. The second-order valence-electron chi connectivity index (χ2n) is 5.76. The van der Waals surface area contributed by atoms with Crippen LogP contribution in [0.2, 0.25) is 0 Å². The van der Waals surface area contributed by atoms with E-state index < -0.39 is 5.92 Å². The van der Waals surface area contributed by atoms with Gasteiger partial charge in [0, 0.05) is 13.0 Å². The van der Waals surface area contributed by atoms with E-state index in [1.807, 2.05) is 24.3 Å². The summed E-state index contributed by atoms with van der Waals surface area (Å²) in [4.78, 5) is 25.8. The van der Waals surface area contributed by atoms with Crippen molar-refractivity contribution in [3.05, 3.63) is 54.0 Å². The first-order valence-corrected chi connectivity index (χ1v) is 7.93. The molecule has 1 atom stereocenters. The molecule has 2 aromatic rings. The predicted octanol–water partition coefficient (Wildman–Crippen LogP) is 1.79. The molecule has 0 bridgehead atoms. The highest BCUT2D eigenvalue weighted by Gasteiger charge is 2.34. The predicted molar refractivity (Wildman–Crippen MR) is 91.0 cm³/mol. The summed E-state index contributed by atoms with van der Waals surface area (Å²) < 4.78 is 10.3. The Labute approximate surface area is 145 Å². The number of hydrazone groups is 1. The molecule has 0 radical (unpaired) electrons. The van der Waals surface area contributed by atoms with Crippen LogP contribution in [0.5, 0.6) is 5.75 Å². The van der Waals surface area contributed by atoms with Crippen molar-refractivity contribution in [1.29, 1.82) is 0 Å². The van der Waals surface area contributed by atoms with E-state index in [4.69, 9.17) is 9.15 Å². The zero-order valence-electron chi connectivity index (χ0n) is 13.8. The van der Waals surface area contributed by atoms with Gasteiger partial charge in [-0.2, -0.15) is 5.10 Å². The summed E-state index contributed by atoms with van der Waals surface area (Å²) in [7, 11) is 1.60. The minimum absolute atomic E-state index is 0.0596. The number of amides is 2. The van der Waals surface area contributed by atoms with Gasteiger partial charge >= 0.3 is 0 Å². The minimum Gasteiger partial charge on any atom is -0.497 e. The van der Waals surface area contributed by atoms with Gasteiger partial charge in [0.15, 0.2) is 0 Å². The first-order chi connectivity index (χ1) is 12.2. The fourth-order valence-corrected chi connectivity index (χ4v) is 2.64. The van der Waals surface area contributed by atoms with Gasteiger partial charge in [0.2, 0.25) is 11.8 Å². The van der Waals surface area contributed by atoms with Gasteiger partial charge in [-0.3, -0.25) is 9.59 Å². The molecule has 130 valence electrons. The van der Waals surface area contributed by atoms with Gasteiger partial charge in [0.1, 0.15) is 11.5 Å². The highest BCUT2D eigenvalue weighted by molar-refractivity contribution is 5.90. The number of hydrogen-bond donors (Lipinski definition) is 1. The van der Waals surface area contributed by atoms with E-state index in [2.05, 4.69) is 10.5 Å². The fourth-order valence-electron chi connectivity index (χ4n) is 2.64. The second-order valence-corrected chi connectivity index (χ2v) is 5.76. The summed E-state index contributed by atoms with van der Waals surface area (Å²) in [6.45, 7) is 0.744. The van der Waals surface area contributed by atoms with Crippen LogP contribution in [0.25, 0.3) is 0 Å². The third-order valence-electron chi connectivity index (χ3n) is 4.02. The van der Waals surface area contributed by atoms with Crippen molar-refractivity contribution in [2.45, 2.75) is 13.0 Å². The first kappa shape index (κ1) is 16.8. The Balaban J connectivity index is 1.51. The number of likely N-dealkylation sites (tertiary alicyclic amines) is 1. The van der Waals surface area contributed by atoms with Crippen molar-refractivity contribution in [1.82, 2.24) is 10.3 Å². The van der Waals surface area contributed by atoms with Crippen LogP contribution >= 0.6 is 0 Å². The van der Waals surface area contributed by atoms with Gasteiger partial charge < -0.3 is 14.1 Å². The summed E-state index contributed by atoms with van der Waals surface area (Å²) in [6.07, 6.45) is 3.30. The van der Waals surface area contributed by atoms with Crippen LogP contribution in [0.3, 0.4) is 0 Å². The van der Waals surface area contributed by atoms with E-state index in [-0.39, 0.29) is 18.2 Å². The Kier molecular flexibility index (Phi) is 5.13. The van der Waals surface area contributed by atoms with Crippen molar-refractivity contribution in [2.24, 2.45) is 11.0 Å². The average molecular weight is 341 g/mol. The standard InChI is InChI=1S/C18H19N3O4/c1-24-15-6-4-13(5-7-15)10-19-20-18(23)14-9-17(22)21(11-14)12-16-3-2-8-25-16/h2-8,10,14H,9,11-12H2,1H3,(H,20,23)/b19-10+. The summed E-state index contributed by atoms with van der Waals surface area (Å²) in [5, 5.41) is 3.95. The molecule has 0 aliphatic carbocycles. The van der Waals surface area contributed by atoms with E-state index in [1.54, 1.807) is 36.6 Å². The third-order valence-corrected chi connectivity index (χ3v) is 4.02. The monoisotopic (exact) mass is 341 g/mol. The summed E-state index contributed by atoms with van der Waals surface area (Å²) in [6, 6.07) is 10.9. The molecular formula is C18H19N3O4. The van der Waals surface area contributed by atoms with Crippen molar-refractivity contribution in [2.75, 3.05) is 13.7 Å². The number of hydrogen-bond acceptors (Lipinski definition) is 5. The van der Waals surface area contributed by atoms with Gasteiger partial charge in [-0.05, 0) is 42.0 Å². The lowest BCUT2D eigenvalue weighted by atomic mass is 10.1. The number of carbonyl (C=O) groups excluding carboxylic acids is 2. The van der Waals surface area contributed by atoms with Crippen molar-refractivity contribution in [3.8, 4) is 5.75 Å². The lowest BCUT2D eigenvalue weighted by Crippen LogP contribution is -2.30. The van der Waals surface area contributed by atoms with Gasteiger partial charge in [0.05, 0.1) is 32.1 Å². The lowest BCUT2D eigenvalue weighted by Gasteiger charge is -2.14. The zero-order valence-corrected chi connectivity index (χ0v) is 13.8. The molecule has 1 unspecified atom stereocenters. The van der Waals surface area contributed by atoms with Crippen LogP contribution in [-0.2, 0) is 16.1 Å². The van der Waals surface area contributed by atoms with E-state index in [1.165, 1.54) is 0 Å². The maximum atomic E-state index is 12.2. The highest BCUT2D eigenvalue weighted by Crippen LogP contribution is 2.20. The molecule has 1 aliphatic rings. The molecule has 1 aliphatic heterocycles. The molecule has 0 spiro atoms. The fraction of sp³-hybridized carbons (Fsp3) is 0.278. The number of methoxy groups -OCH3 is 1. The van der Waals surface area contributed by atoms with Crippen molar-refractivity contribution < 1.29 is 18.7 Å².